The van der Waals surface area contributed by atoms with E-state index in [1.807, 2.05) is 0 Å². The molecule has 0 saturated heterocycles. The van der Waals surface area contributed by atoms with Crippen LogP contribution in [0.1, 0.15) is 39.5 Å². The summed E-state index contributed by atoms with van der Waals surface area (Å²) in [7, 11) is 0. The molecule has 3 nitrogen and oxygen atoms in total. The Morgan fingerprint density at radius 3 is 2.29 bits per heavy atom. The van der Waals surface area contributed by atoms with Crippen LogP contribution in [0, 0.1) is 5.41 Å². The summed E-state index contributed by atoms with van der Waals surface area (Å²) in [5.41, 5.74) is 5.49. The quantitative estimate of drug-likeness (QED) is 0.491. The molecule has 0 heterocycles. The van der Waals surface area contributed by atoms with Crippen LogP contribution in [0.15, 0.2) is 0 Å². The van der Waals surface area contributed by atoms with E-state index in [1.165, 1.54) is 0 Å². The molecule has 86 valence electrons. The van der Waals surface area contributed by atoms with Gasteiger partial charge < -0.3 is 16.2 Å². The fourth-order valence-corrected chi connectivity index (χ4v) is 1.53. The van der Waals surface area contributed by atoms with Crippen LogP contribution in [0.2, 0.25) is 0 Å². The summed E-state index contributed by atoms with van der Waals surface area (Å²) in [6.07, 6.45) is 4.27. The molecule has 0 saturated carbocycles. The van der Waals surface area contributed by atoms with Crippen LogP contribution in [0.3, 0.4) is 0 Å². The van der Waals surface area contributed by atoms with Crippen molar-refractivity contribution in [1.82, 2.24) is 5.32 Å². The summed E-state index contributed by atoms with van der Waals surface area (Å²) in [4.78, 5) is 0. The van der Waals surface area contributed by atoms with E-state index in [9.17, 15) is 5.11 Å². The van der Waals surface area contributed by atoms with E-state index < -0.39 is 0 Å². The second kappa shape index (κ2) is 8.21. The summed E-state index contributed by atoms with van der Waals surface area (Å²) in [6, 6.07) is 0. The van der Waals surface area contributed by atoms with Gasteiger partial charge in [-0.15, -0.1) is 0 Å². The molecule has 0 radical (unpaired) electrons. The topological polar surface area (TPSA) is 58.3 Å². The van der Waals surface area contributed by atoms with Crippen molar-refractivity contribution in [2.45, 2.75) is 39.5 Å². The smallest absolute Gasteiger partial charge is 0.0499 e. The van der Waals surface area contributed by atoms with E-state index in [4.69, 9.17) is 5.73 Å². The van der Waals surface area contributed by atoms with Crippen LogP contribution in [0.25, 0.3) is 0 Å². The molecular formula is C11H26N2O. The molecule has 0 atom stereocenters. The molecule has 0 aliphatic heterocycles. The maximum absolute atomic E-state index is 9.32. The van der Waals surface area contributed by atoms with Gasteiger partial charge in [-0.05, 0) is 38.8 Å². The van der Waals surface area contributed by atoms with Crippen molar-refractivity contribution in [2.75, 3.05) is 26.2 Å². The van der Waals surface area contributed by atoms with Gasteiger partial charge >= 0.3 is 0 Å². The zero-order valence-electron chi connectivity index (χ0n) is 9.68. The summed E-state index contributed by atoms with van der Waals surface area (Å²) in [5, 5.41) is 12.7. The third-order valence-corrected chi connectivity index (χ3v) is 3.14. The highest BCUT2D eigenvalue weighted by Gasteiger charge is 2.24. The van der Waals surface area contributed by atoms with E-state index in [-0.39, 0.29) is 12.0 Å². The van der Waals surface area contributed by atoms with Crippen LogP contribution in [-0.4, -0.2) is 31.3 Å². The minimum atomic E-state index is 0.0860. The molecule has 0 fully saturated rings. The second-order valence-corrected chi connectivity index (χ2v) is 4.04. The Bertz CT molecular complexity index is 116. The number of rotatable bonds is 9. The van der Waals surface area contributed by atoms with Crippen LogP contribution in [0.4, 0.5) is 0 Å². The average molecular weight is 202 g/mol. The molecule has 0 unspecified atom stereocenters. The van der Waals surface area contributed by atoms with Crippen LogP contribution in [-0.2, 0) is 0 Å². The Balaban J connectivity index is 3.61. The number of unbranched alkanes of at least 4 members (excludes halogenated alkanes) is 1. The highest BCUT2D eigenvalue weighted by Crippen LogP contribution is 2.24. The van der Waals surface area contributed by atoms with Gasteiger partial charge in [-0.2, -0.15) is 0 Å². The standard InChI is InChI=1S/C11H26N2O/c1-3-11(4-2,10-14)9-13-8-6-5-7-12/h13-14H,3-10,12H2,1-2H3. The van der Waals surface area contributed by atoms with Gasteiger partial charge in [0.05, 0.1) is 0 Å². The predicted octanol–water partition coefficient (Wildman–Crippen LogP) is 1.11. The normalized spacial score (nSPS) is 12.0. The number of aliphatic hydroxyl groups excluding tert-OH is 1. The highest BCUT2D eigenvalue weighted by atomic mass is 16.3. The van der Waals surface area contributed by atoms with Crippen molar-refractivity contribution in [3.63, 3.8) is 0 Å². The summed E-state index contributed by atoms with van der Waals surface area (Å²) in [6.45, 7) is 7.26. The van der Waals surface area contributed by atoms with Crippen LogP contribution >= 0.6 is 0 Å². The van der Waals surface area contributed by atoms with Gasteiger partial charge in [-0.3, -0.25) is 0 Å². The second-order valence-electron chi connectivity index (χ2n) is 4.04. The molecule has 0 bridgehead atoms. The lowest BCUT2D eigenvalue weighted by Gasteiger charge is -2.29. The Hall–Kier alpha value is -0.120. The van der Waals surface area contributed by atoms with E-state index >= 15 is 0 Å². The molecule has 0 amide bonds. The predicted molar refractivity (Wildman–Crippen MR) is 61.3 cm³/mol. The molecule has 0 aromatic rings. The first-order valence-corrected chi connectivity index (χ1v) is 5.76. The summed E-state index contributed by atoms with van der Waals surface area (Å²) >= 11 is 0. The van der Waals surface area contributed by atoms with Crippen molar-refractivity contribution in [3.8, 4) is 0 Å². The molecular weight excluding hydrogens is 176 g/mol. The van der Waals surface area contributed by atoms with Crippen LogP contribution < -0.4 is 11.1 Å². The number of nitrogens with two attached hydrogens (primary N) is 1. The van der Waals surface area contributed by atoms with Crippen molar-refractivity contribution >= 4 is 0 Å². The minimum Gasteiger partial charge on any atom is -0.396 e. The number of aliphatic hydroxyl groups is 1. The van der Waals surface area contributed by atoms with E-state index in [2.05, 4.69) is 19.2 Å². The molecule has 0 spiro atoms. The van der Waals surface area contributed by atoms with Gasteiger partial charge in [0.1, 0.15) is 0 Å². The van der Waals surface area contributed by atoms with Crippen molar-refractivity contribution in [2.24, 2.45) is 11.1 Å². The Morgan fingerprint density at radius 2 is 1.86 bits per heavy atom. The van der Waals surface area contributed by atoms with Crippen molar-refractivity contribution in [3.05, 3.63) is 0 Å². The van der Waals surface area contributed by atoms with E-state index in [0.29, 0.717) is 0 Å². The molecule has 3 heteroatoms. The van der Waals surface area contributed by atoms with Gasteiger partial charge in [0.2, 0.25) is 0 Å². The summed E-state index contributed by atoms with van der Waals surface area (Å²) in [5.74, 6) is 0. The zero-order valence-corrected chi connectivity index (χ0v) is 9.68. The minimum absolute atomic E-state index is 0.0860. The largest absolute Gasteiger partial charge is 0.396 e. The Kier molecular flexibility index (Phi) is 8.14. The molecule has 0 aromatic heterocycles. The Labute approximate surface area is 88.1 Å². The number of hydrogen-bond donors (Lipinski definition) is 3. The SMILES string of the molecule is CCC(CC)(CO)CNCCCCN. The number of hydrogen-bond acceptors (Lipinski definition) is 3. The lowest BCUT2D eigenvalue weighted by molar-refractivity contribution is 0.113. The molecule has 4 N–H and O–H groups in total. The van der Waals surface area contributed by atoms with Gasteiger partial charge in [0.25, 0.3) is 0 Å². The van der Waals surface area contributed by atoms with E-state index in [1.54, 1.807) is 0 Å². The maximum atomic E-state index is 9.32. The van der Waals surface area contributed by atoms with Crippen LogP contribution in [0.5, 0.6) is 0 Å². The zero-order chi connectivity index (χ0) is 10.9. The third-order valence-electron chi connectivity index (χ3n) is 3.14. The molecule has 0 aromatic carbocycles. The molecule has 14 heavy (non-hydrogen) atoms. The molecule has 0 rings (SSSR count). The highest BCUT2D eigenvalue weighted by molar-refractivity contribution is 4.77. The van der Waals surface area contributed by atoms with Gasteiger partial charge in [0, 0.05) is 18.6 Å². The fraction of sp³-hybridized carbons (Fsp3) is 1.00. The third kappa shape index (κ3) is 4.94. The van der Waals surface area contributed by atoms with Gasteiger partial charge in [-0.25, -0.2) is 0 Å². The first-order valence-electron chi connectivity index (χ1n) is 5.76. The van der Waals surface area contributed by atoms with Gasteiger partial charge in [0.15, 0.2) is 0 Å². The van der Waals surface area contributed by atoms with Crippen molar-refractivity contribution in [1.29, 1.82) is 0 Å². The van der Waals surface area contributed by atoms with Crippen molar-refractivity contribution < 1.29 is 5.11 Å². The Morgan fingerprint density at radius 1 is 1.21 bits per heavy atom. The first kappa shape index (κ1) is 13.9. The molecule has 0 aliphatic rings. The average Bonchev–Trinajstić information content (AvgIpc) is 2.24. The lowest BCUT2D eigenvalue weighted by atomic mass is 9.83. The first-order chi connectivity index (χ1) is 6.74. The molecule has 0 aliphatic carbocycles. The monoisotopic (exact) mass is 202 g/mol. The maximum Gasteiger partial charge on any atom is 0.0499 e. The fourth-order valence-electron chi connectivity index (χ4n) is 1.53. The van der Waals surface area contributed by atoms with Gasteiger partial charge in [-0.1, -0.05) is 13.8 Å². The number of nitrogens with one attached hydrogen (secondary N) is 1. The van der Waals surface area contributed by atoms with E-state index in [0.717, 1.165) is 45.3 Å². The lowest BCUT2D eigenvalue weighted by Crippen LogP contribution is -2.37. The summed E-state index contributed by atoms with van der Waals surface area (Å²) < 4.78 is 0.